The van der Waals surface area contributed by atoms with Gasteiger partial charge in [-0.2, -0.15) is 9.57 Å². The molecule has 0 heterocycles. The first-order valence-electron chi connectivity index (χ1n) is 5.23. The maximum Gasteiger partial charge on any atom is 0.242 e. The van der Waals surface area contributed by atoms with Gasteiger partial charge in [0.1, 0.15) is 5.75 Å². The van der Waals surface area contributed by atoms with Gasteiger partial charge >= 0.3 is 0 Å². The summed E-state index contributed by atoms with van der Waals surface area (Å²) in [5.74, 6) is -0.568. The van der Waals surface area contributed by atoms with Crippen molar-refractivity contribution in [2.24, 2.45) is 5.92 Å². The van der Waals surface area contributed by atoms with Crippen LogP contribution in [0.25, 0.3) is 0 Å². The molecule has 0 radical (unpaired) electrons. The van der Waals surface area contributed by atoms with Gasteiger partial charge < -0.3 is 10.8 Å². The number of nitrogen functional groups attached to an aromatic ring is 1. The fourth-order valence-corrected chi connectivity index (χ4v) is 2.69. The van der Waals surface area contributed by atoms with E-state index in [0.717, 1.165) is 4.31 Å². The quantitative estimate of drug-likeness (QED) is 0.619. The fraction of sp³-hybridized carbons (Fsp3) is 0.364. The predicted molar refractivity (Wildman–Crippen MR) is 67.1 cm³/mol. The largest absolute Gasteiger partial charge is 0.506 e. The number of rotatable bonds is 4. The van der Waals surface area contributed by atoms with Crippen LogP contribution in [0.1, 0.15) is 6.92 Å². The number of nitrogens with zero attached hydrogens (tertiary/aromatic N) is 2. The van der Waals surface area contributed by atoms with Gasteiger partial charge in [-0.25, -0.2) is 8.42 Å². The van der Waals surface area contributed by atoms with Crippen molar-refractivity contribution in [1.29, 1.82) is 5.26 Å². The number of benzene rings is 1. The van der Waals surface area contributed by atoms with E-state index in [0.29, 0.717) is 0 Å². The van der Waals surface area contributed by atoms with Crippen LogP contribution in [0.5, 0.6) is 5.75 Å². The van der Waals surface area contributed by atoms with Gasteiger partial charge in [0.05, 0.1) is 22.6 Å². The summed E-state index contributed by atoms with van der Waals surface area (Å²) in [5.41, 5.74) is 5.46. The van der Waals surface area contributed by atoms with E-state index >= 15 is 0 Å². The highest BCUT2D eigenvalue weighted by Crippen LogP contribution is 2.25. The van der Waals surface area contributed by atoms with Crippen LogP contribution in [0, 0.1) is 17.2 Å². The van der Waals surface area contributed by atoms with E-state index in [1.54, 1.807) is 6.92 Å². The first kappa shape index (κ1) is 14.3. The minimum Gasteiger partial charge on any atom is -0.506 e. The maximum absolute atomic E-state index is 12.1. The number of phenols is 1. The van der Waals surface area contributed by atoms with Crippen molar-refractivity contribution in [3.05, 3.63) is 18.2 Å². The molecule has 0 aliphatic rings. The molecule has 1 unspecified atom stereocenters. The number of nitriles is 1. The Labute approximate surface area is 106 Å². The molecule has 0 aromatic heterocycles. The van der Waals surface area contributed by atoms with E-state index in [-0.39, 0.29) is 22.9 Å². The lowest BCUT2D eigenvalue weighted by molar-refractivity contribution is 0.439. The van der Waals surface area contributed by atoms with Gasteiger partial charge in [0, 0.05) is 13.6 Å². The standard InChI is InChI=1S/C11H15N3O3S/c1-8(6-12)7-14(2)18(16,17)9-3-4-11(15)10(13)5-9/h3-5,8,15H,7,13H2,1-2H3. The van der Waals surface area contributed by atoms with Gasteiger partial charge in [0.2, 0.25) is 10.0 Å². The Bertz CT molecular complexity index is 578. The number of phenolic OH excluding ortho intramolecular Hbond substituents is 1. The molecule has 18 heavy (non-hydrogen) atoms. The van der Waals surface area contributed by atoms with Crippen LogP contribution in [0.3, 0.4) is 0 Å². The average molecular weight is 269 g/mol. The lowest BCUT2D eigenvalue weighted by Gasteiger charge is -2.18. The zero-order chi connectivity index (χ0) is 13.9. The van der Waals surface area contributed by atoms with Crippen molar-refractivity contribution >= 4 is 15.7 Å². The molecular weight excluding hydrogens is 254 g/mol. The first-order valence-corrected chi connectivity index (χ1v) is 6.67. The Morgan fingerprint density at radius 2 is 2.17 bits per heavy atom. The summed E-state index contributed by atoms with van der Waals surface area (Å²) in [4.78, 5) is -0.00885. The van der Waals surface area contributed by atoms with Crippen molar-refractivity contribution in [2.75, 3.05) is 19.3 Å². The summed E-state index contributed by atoms with van der Waals surface area (Å²) in [7, 11) is -2.30. The van der Waals surface area contributed by atoms with E-state index in [1.165, 1.54) is 25.2 Å². The second kappa shape index (κ2) is 5.25. The summed E-state index contributed by atoms with van der Waals surface area (Å²) in [6, 6.07) is 5.66. The average Bonchev–Trinajstić information content (AvgIpc) is 2.32. The molecule has 0 saturated carbocycles. The molecule has 0 fully saturated rings. The zero-order valence-electron chi connectivity index (χ0n) is 10.2. The predicted octanol–water partition coefficient (Wildman–Crippen LogP) is 0.755. The molecule has 98 valence electrons. The van der Waals surface area contributed by atoms with Gasteiger partial charge in [-0.3, -0.25) is 0 Å². The zero-order valence-corrected chi connectivity index (χ0v) is 11.0. The number of hydrogen-bond acceptors (Lipinski definition) is 5. The van der Waals surface area contributed by atoms with Crippen molar-refractivity contribution < 1.29 is 13.5 Å². The lowest BCUT2D eigenvalue weighted by atomic mass is 10.2. The van der Waals surface area contributed by atoms with Gasteiger partial charge in [-0.05, 0) is 25.1 Å². The molecular formula is C11H15N3O3S. The summed E-state index contributed by atoms with van der Waals surface area (Å²) >= 11 is 0. The van der Waals surface area contributed by atoms with Gasteiger partial charge in [0.15, 0.2) is 0 Å². The van der Waals surface area contributed by atoms with Gasteiger partial charge in [0.25, 0.3) is 0 Å². The molecule has 0 spiro atoms. The van der Waals surface area contributed by atoms with Gasteiger partial charge in [-0.1, -0.05) is 0 Å². The minimum atomic E-state index is -3.69. The normalized spacial score (nSPS) is 13.2. The SMILES string of the molecule is CC(C#N)CN(C)S(=O)(=O)c1ccc(O)c(N)c1. The van der Waals surface area contributed by atoms with Crippen LogP contribution in [0.2, 0.25) is 0 Å². The van der Waals surface area contributed by atoms with Crippen molar-refractivity contribution in [1.82, 2.24) is 4.31 Å². The molecule has 1 aromatic rings. The van der Waals surface area contributed by atoms with E-state index < -0.39 is 15.9 Å². The molecule has 6 nitrogen and oxygen atoms in total. The number of hydrogen-bond donors (Lipinski definition) is 2. The molecule has 1 rings (SSSR count). The van der Waals surface area contributed by atoms with Gasteiger partial charge in [-0.15, -0.1) is 0 Å². The smallest absolute Gasteiger partial charge is 0.242 e. The number of sulfonamides is 1. The Balaban J connectivity index is 3.06. The molecule has 0 saturated heterocycles. The second-order valence-corrected chi connectivity index (χ2v) is 6.08. The molecule has 7 heteroatoms. The van der Waals surface area contributed by atoms with Crippen molar-refractivity contribution in [3.8, 4) is 11.8 Å². The van der Waals surface area contributed by atoms with Crippen molar-refractivity contribution in [2.45, 2.75) is 11.8 Å². The summed E-state index contributed by atoms with van der Waals surface area (Å²) < 4.78 is 25.3. The van der Waals surface area contributed by atoms with E-state index in [9.17, 15) is 13.5 Å². The fourth-order valence-electron chi connectivity index (χ4n) is 1.40. The highest BCUT2D eigenvalue weighted by Gasteiger charge is 2.22. The van der Waals surface area contributed by atoms with Crippen LogP contribution in [-0.2, 0) is 10.0 Å². The molecule has 0 aliphatic heterocycles. The third kappa shape index (κ3) is 2.91. The van der Waals surface area contributed by atoms with E-state index in [1.807, 2.05) is 6.07 Å². The van der Waals surface area contributed by atoms with Crippen LogP contribution in [0.4, 0.5) is 5.69 Å². The third-order valence-electron chi connectivity index (χ3n) is 2.46. The Morgan fingerprint density at radius 3 is 2.67 bits per heavy atom. The highest BCUT2D eigenvalue weighted by atomic mass is 32.2. The van der Waals surface area contributed by atoms with Crippen LogP contribution >= 0.6 is 0 Å². The number of nitrogens with two attached hydrogens (primary N) is 1. The van der Waals surface area contributed by atoms with E-state index in [4.69, 9.17) is 11.0 Å². The van der Waals surface area contributed by atoms with Crippen molar-refractivity contribution in [3.63, 3.8) is 0 Å². The monoisotopic (exact) mass is 269 g/mol. The maximum atomic E-state index is 12.1. The molecule has 0 amide bonds. The molecule has 0 bridgehead atoms. The lowest BCUT2D eigenvalue weighted by Crippen LogP contribution is -2.30. The molecule has 0 aliphatic carbocycles. The third-order valence-corrected chi connectivity index (χ3v) is 4.28. The van der Waals surface area contributed by atoms with Crippen LogP contribution in [0.15, 0.2) is 23.1 Å². The summed E-state index contributed by atoms with van der Waals surface area (Å²) in [6.45, 7) is 1.73. The van der Waals surface area contributed by atoms with E-state index in [2.05, 4.69) is 0 Å². The molecule has 1 aromatic carbocycles. The Morgan fingerprint density at radius 1 is 1.56 bits per heavy atom. The van der Waals surface area contributed by atoms with Crippen LogP contribution < -0.4 is 5.73 Å². The minimum absolute atomic E-state index is 0.00203. The summed E-state index contributed by atoms with van der Waals surface area (Å²) in [6.07, 6.45) is 0. The number of aromatic hydroxyl groups is 1. The highest BCUT2D eigenvalue weighted by molar-refractivity contribution is 7.89. The second-order valence-electron chi connectivity index (χ2n) is 4.04. The first-order chi connectivity index (χ1) is 8.28. The molecule has 1 atom stereocenters. The Hall–Kier alpha value is -1.78. The van der Waals surface area contributed by atoms with Crippen LogP contribution in [-0.4, -0.2) is 31.4 Å². The Kier molecular flexibility index (Phi) is 4.16. The summed E-state index contributed by atoms with van der Waals surface area (Å²) in [5, 5.41) is 17.9. The molecule has 3 N–H and O–H groups in total. The topological polar surface area (TPSA) is 107 Å². The number of anilines is 1.